The fraction of sp³-hybridized carbons (Fsp3) is 0.650. The zero-order valence-corrected chi connectivity index (χ0v) is 14.8. The number of carbonyl (C=O) groups excluding carboxylic acids is 1. The van der Waals surface area contributed by atoms with Crippen molar-refractivity contribution < 1.29 is 14.3 Å². The molecule has 3 nitrogen and oxygen atoms in total. The minimum Gasteiger partial charge on any atom is -0.390 e. The molecular weight excluding hydrogens is 305 g/mol. The standard InChI is InChI=1S/C20H28FNO2/c1-15-14-16(21)6-7-17(15)20(10-8-19(2,24)9-11-20)18(23)22-12-4-3-5-13-22/h6-7,14,24H,3-5,8-13H2,1-2H3. The fourth-order valence-electron chi connectivity index (χ4n) is 4.38. The van der Waals surface area contributed by atoms with Gasteiger partial charge in [-0.2, -0.15) is 0 Å². The summed E-state index contributed by atoms with van der Waals surface area (Å²) in [5.74, 6) is -0.0907. The van der Waals surface area contributed by atoms with Gasteiger partial charge >= 0.3 is 0 Å². The minimum atomic E-state index is -0.709. The maximum atomic E-state index is 13.6. The summed E-state index contributed by atoms with van der Waals surface area (Å²) in [5.41, 5.74) is 0.452. The van der Waals surface area contributed by atoms with Crippen LogP contribution in [0.15, 0.2) is 18.2 Å². The van der Waals surface area contributed by atoms with Crippen LogP contribution in [-0.2, 0) is 10.2 Å². The molecule has 0 aromatic heterocycles. The molecule has 2 fully saturated rings. The average Bonchev–Trinajstić information content (AvgIpc) is 2.56. The molecule has 132 valence electrons. The number of aryl methyl sites for hydroxylation is 1. The van der Waals surface area contributed by atoms with E-state index in [0.29, 0.717) is 25.7 Å². The first-order chi connectivity index (χ1) is 11.3. The molecule has 0 unspecified atom stereocenters. The quantitative estimate of drug-likeness (QED) is 0.896. The molecule has 1 aliphatic heterocycles. The lowest BCUT2D eigenvalue weighted by Crippen LogP contribution is -2.52. The first-order valence-electron chi connectivity index (χ1n) is 9.13. The second kappa shape index (κ2) is 6.47. The van der Waals surface area contributed by atoms with Gasteiger partial charge in [0.2, 0.25) is 5.91 Å². The van der Waals surface area contributed by atoms with E-state index in [0.717, 1.165) is 37.1 Å². The molecule has 1 aromatic carbocycles. The van der Waals surface area contributed by atoms with Crippen LogP contribution in [0.2, 0.25) is 0 Å². The molecule has 1 N–H and O–H groups in total. The van der Waals surface area contributed by atoms with E-state index < -0.39 is 11.0 Å². The lowest BCUT2D eigenvalue weighted by atomic mass is 9.63. The number of likely N-dealkylation sites (tertiary alicyclic amines) is 1. The SMILES string of the molecule is Cc1cc(F)ccc1C1(C(=O)N2CCCCC2)CCC(C)(O)CC1. The molecule has 1 aromatic rings. The van der Waals surface area contributed by atoms with Crippen molar-refractivity contribution in [2.45, 2.75) is 69.8 Å². The van der Waals surface area contributed by atoms with Crippen molar-refractivity contribution in [1.29, 1.82) is 0 Å². The highest BCUT2D eigenvalue weighted by atomic mass is 19.1. The smallest absolute Gasteiger partial charge is 0.233 e. The summed E-state index contributed by atoms with van der Waals surface area (Å²) in [6, 6.07) is 4.76. The fourth-order valence-corrected chi connectivity index (χ4v) is 4.38. The number of benzene rings is 1. The third-order valence-electron chi connectivity index (χ3n) is 5.94. The van der Waals surface area contributed by atoms with Gasteiger partial charge in [0.05, 0.1) is 11.0 Å². The van der Waals surface area contributed by atoms with Crippen LogP contribution in [0.4, 0.5) is 4.39 Å². The average molecular weight is 333 g/mol. The minimum absolute atomic E-state index is 0.174. The second-order valence-corrected chi connectivity index (χ2v) is 7.89. The van der Waals surface area contributed by atoms with E-state index in [1.807, 2.05) is 18.7 Å². The number of halogens is 1. The summed E-state index contributed by atoms with van der Waals surface area (Å²) in [5, 5.41) is 10.4. The number of aliphatic hydroxyl groups is 1. The van der Waals surface area contributed by atoms with Crippen LogP contribution in [0.1, 0.15) is 63.0 Å². The summed E-state index contributed by atoms with van der Waals surface area (Å²) in [6.45, 7) is 5.37. The zero-order valence-electron chi connectivity index (χ0n) is 14.8. The zero-order chi connectivity index (χ0) is 17.4. The molecule has 4 heteroatoms. The molecule has 3 rings (SSSR count). The molecule has 1 saturated heterocycles. The van der Waals surface area contributed by atoms with Gasteiger partial charge in [0.25, 0.3) is 0 Å². The Hall–Kier alpha value is -1.42. The van der Waals surface area contributed by atoms with E-state index in [2.05, 4.69) is 0 Å². The number of piperidine rings is 1. The normalized spacial score (nSPS) is 31.1. The van der Waals surface area contributed by atoms with Crippen molar-refractivity contribution in [3.8, 4) is 0 Å². The first kappa shape index (κ1) is 17.4. The van der Waals surface area contributed by atoms with Gasteiger partial charge in [0.1, 0.15) is 5.82 Å². The van der Waals surface area contributed by atoms with Crippen LogP contribution in [0, 0.1) is 12.7 Å². The highest BCUT2D eigenvalue weighted by molar-refractivity contribution is 5.89. The van der Waals surface area contributed by atoms with Crippen LogP contribution in [0.3, 0.4) is 0 Å². The molecule has 0 atom stereocenters. The van der Waals surface area contributed by atoms with Gasteiger partial charge in [-0.1, -0.05) is 6.07 Å². The summed E-state index contributed by atoms with van der Waals surface area (Å²) < 4.78 is 13.6. The van der Waals surface area contributed by atoms with Gasteiger partial charge < -0.3 is 10.0 Å². The van der Waals surface area contributed by atoms with E-state index in [1.165, 1.54) is 18.6 Å². The highest BCUT2D eigenvalue weighted by Crippen LogP contribution is 2.45. The lowest BCUT2D eigenvalue weighted by Gasteiger charge is -2.45. The number of hydrogen-bond donors (Lipinski definition) is 1. The summed E-state index contributed by atoms with van der Waals surface area (Å²) in [7, 11) is 0. The van der Waals surface area contributed by atoms with Gasteiger partial charge in [-0.3, -0.25) is 4.79 Å². The Labute approximate surface area is 143 Å². The third-order valence-corrected chi connectivity index (χ3v) is 5.94. The molecule has 1 saturated carbocycles. The van der Waals surface area contributed by atoms with E-state index in [1.54, 1.807) is 6.07 Å². The molecule has 24 heavy (non-hydrogen) atoms. The number of nitrogens with zero attached hydrogens (tertiary/aromatic N) is 1. The predicted octanol–water partition coefficient (Wildman–Crippen LogP) is 3.71. The number of rotatable bonds is 2. The Balaban J connectivity index is 1.99. The summed E-state index contributed by atoms with van der Waals surface area (Å²) in [4.78, 5) is 15.5. The molecule has 0 bridgehead atoms. The Morgan fingerprint density at radius 1 is 1.12 bits per heavy atom. The van der Waals surface area contributed by atoms with E-state index >= 15 is 0 Å². The second-order valence-electron chi connectivity index (χ2n) is 7.89. The number of amides is 1. The highest BCUT2D eigenvalue weighted by Gasteiger charge is 2.48. The summed E-state index contributed by atoms with van der Waals surface area (Å²) >= 11 is 0. The summed E-state index contributed by atoms with van der Waals surface area (Å²) in [6.07, 6.45) is 5.75. The monoisotopic (exact) mass is 333 g/mol. The molecular formula is C20H28FNO2. The van der Waals surface area contributed by atoms with Crippen molar-refractivity contribution in [3.05, 3.63) is 35.1 Å². The van der Waals surface area contributed by atoms with Crippen molar-refractivity contribution >= 4 is 5.91 Å². The van der Waals surface area contributed by atoms with Crippen molar-refractivity contribution in [3.63, 3.8) is 0 Å². The van der Waals surface area contributed by atoms with Crippen LogP contribution >= 0.6 is 0 Å². The number of carbonyl (C=O) groups is 1. The molecule has 1 heterocycles. The lowest BCUT2D eigenvalue weighted by molar-refractivity contribution is -0.142. The maximum absolute atomic E-state index is 13.6. The maximum Gasteiger partial charge on any atom is 0.233 e. The molecule has 1 aliphatic carbocycles. The Morgan fingerprint density at radius 3 is 2.33 bits per heavy atom. The van der Waals surface area contributed by atoms with Gasteiger partial charge in [0.15, 0.2) is 0 Å². The van der Waals surface area contributed by atoms with Crippen molar-refractivity contribution in [1.82, 2.24) is 4.90 Å². The van der Waals surface area contributed by atoms with E-state index in [-0.39, 0.29) is 11.7 Å². The topological polar surface area (TPSA) is 40.5 Å². The van der Waals surface area contributed by atoms with Crippen LogP contribution in [0.5, 0.6) is 0 Å². The molecule has 2 aliphatic rings. The van der Waals surface area contributed by atoms with Crippen LogP contribution < -0.4 is 0 Å². The van der Waals surface area contributed by atoms with E-state index in [4.69, 9.17) is 0 Å². The molecule has 0 spiro atoms. The Bertz CT molecular complexity index is 610. The molecule has 0 radical (unpaired) electrons. The van der Waals surface area contributed by atoms with Gasteiger partial charge in [-0.15, -0.1) is 0 Å². The Kier molecular flexibility index (Phi) is 4.69. The molecule has 1 amide bonds. The number of hydrogen-bond acceptors (Lipinski definition) is 2. The van der Waals surface area contributed by atoms with E-state index in [9.17, 15) is 14.3 Å². The van der Waals surface area contributed by atoms with Crippen molar-refractivity contribution in [2.75, 3.05) is 13.1 Å². The van der Waals surface area contributed by atoms with Gasteiger partial charge in [0, 0.05) is 13.1 Å². The third kappa shape index (κ3) is 3.21. The first-order valence-corrected chi connectivity index (χ1v) is 9.13. The largest absolute Gasteiger partial charge is 0.390 e. The van der Waals surface area contributed by atoms with Crippen LogP contribution in [0.25, 0.3) is 0 Å². The predicted molar refractivity (Wildman–Crippen MR) is 92.3 cm³/mol. The van der Waals surface area contributed by atoms with Crippen LogP contribution in [-0.4, -0.2) is 34.6 Å². The van der Waals surface area contributed by atoms with Gasteiger partial charge in [-0.25, -0.2) is 4.39 Å². The van der Waals surface area contributed by atoms with Crippen molar-refractivity contribution in [2.24, 2.45) is 0 Å². The van der Waals surface area contributed by atoms with Gasteiger partial charge in [-0.05, 0) is 82.1 Å². The Morgan fingerprint density at radius 2 is 1.75 bits per heavy atom.